The number of hydrogen-bond acceptors (Lipinski definition) is 3. The summed E-state index contributed by atoms with van der Waals surface area (Å²) in [7, 11) is 1.69. The summed E-state index contributed by atoms with van der Waals surface area (Å²) < 4.78 is 5.67. The third-order valence-corrected chi connectivity index (χ3v) is 2.96. The van der Waals surface area contributed by atoms with Crippen LogP contribution in [-0.2, 0) is 4.79 Å². The Morgan fingerprint density at radius 2 is 2.12 bits per heavy atom. The van der Waals surface area contributed by atoms with Crippen LogP contribution < -0.4 is 15.8 Å². The summed E-state index contributed by atoms with van der Waals surface area (Å²) in [6, 6.07) is 5.96. The fraction of sp³-hybridized carbons (Fsp3) is 0.462. The average molecular weight is 236 g/mol. The lowest BCUT2D eigenvalue weighted by atomic mass is 10.0. The molecule has 1 aromatic rings. The van der Waals surface area contributed by atoms with Gasteiger partial charge in [0.15, 0.2) is 0 Å². The molecule has 0 aromatic heterocycles. The van der Waals surface area contributed by atoms with Crippen molar-refractivity contribution in [3.63, 3.8) is 0 Å². The Kier molecular flexibility index (Phi) is 4.12. The van der Waals surface area contributed by atoms with Crippen molar-refractivity contribution in [2.45, 2.75) is 26.3 Å². The molecule has 3 N–H and O–H groups in total. The number of aryl methyl sites for hydroxylation is 2. The van der Waals surface area contributed by atoms with Gasteiger partial charge in [-0.2, -0.15) is 0 Å². The van der Waals surface area contributed by atoms with Crippen LogP contribution in [0.4, 0.5) is 0 Å². The van der Waals surface area contributed by atoms with Gasteiger partial charge in [-0.25, -0.2) is 0 Å². The average Bonchev–Trinajstić information content (AvgIpc) is 2.29. The van der Waals surface area contributed by atoms with Crippen molar-refractivity contribution < 1.29 is 9.53 Å². The Bertz CT molecular complexity index is 418. The summed E-state index contributed by atoms with van der Waals surface area (Å²) in [5, 5.41) is 2.88. The summed E-state index contributed by atoms with van der Waals surface area (Å²) in [6.07, 6.45) is 0. The third-order valence-electron chi connectivity index (χ3n) is 2.96. The van der Waals surface area contributed by atoms with Crippen molar-refractivity contribution in [2.24, 2.45) is 5.73 Å². The first kappa shape index (κ1) is 13.5. The van der Waals surface area contributed by atoms with Crippen molar-refractivity contribution in [1.29, 1.82) is 0 Å². The molecule has 17 heavy (non-hydrogen) atoms. The molecule has 1 unspecified atom stereocenters. The number of ether oxygens (including phenoxy) is 1. The van der Waals surface area contributed by atoms with E-state index in [1.807, 2.05) is 32.0 Å². The summed E-state index contributed by atoms with van der Waals surface area (Å²) >= 11 is 0. The Morgan fingerprint density at radius 3 is 2.65 bits per heavy atom. The lowest BCUT2D eigenvalue weighted by Crippen LogP contribution is -2.55. The van der Waals surface area contributed by atoms with Crippen LogP contribution in [0.3, 0.4) is 0 Å². The van der Waals surface area contributed by atoms with E-state index in [0.29, 0.717) is 0 Å². The Labute approximate surface area is 102 Å². The van der Waals surface area contributed by atoms with Crippen LogP contribution in [-0.4, -0.2) is 25.1 Å². The number of amides is 1. The normalized spacial score (nSPS) is 14.1. The van der Waals surface area contributed by atoms with E-state index in [4.69, 9.17) is 10.5 Å². The number of nitrogens with two attached hydrogens (primary N) is 1. The number of benzene rings is 1. The van der Waals surface area contributed by atoms with Gasteiger partial charge in [0.25, 0.3) is 0 Å². The van der Waals surface area contributed by atoms with Gasteiger partial charge in [0.05, 0.1) is 0 Å². The highest BCUT2D eigenvalue weighted by atomic mass is 16.5. The summed E-state index contributed by atoms with van der Waals surface area (Å²) in [4.78, 5) is 11.3. The molecule has 0 aliphatic heterocycles. The van der Waals surface area contributed by atoms with Crippen LogP contribution in [0.1, 0.15) is 18.1 Å². The van der Waals surface area contributed by atoms with Gasteiger partial charge in [0.2, 0.25) is 5.91 Å². The molecule has 0 saturated carbocycles. The number of rotatable bonds is 5. The maximum absolute atomic E-state index is 11.3. The van der Waals surface area contributed by atoms with Crippen molar-refractivity contribution in [3.8, 4) is 5.75 Å². The number of primary amides is 1. The lowest BCUT2D eigenvalue weighted by molar-refractivity contribution is -0.124. The highest BCUT2D eigenvalue weighted by Gasteiger charge is 2.30. The maximum Gasteiger partial charge on any atom is 0.240 e. The maximum atomic E-state index is 11.3. The molecule has 0 aliphatic carbocycles. The zero-order valence-electron chi connectivity index (χ0n) is 10.8. The van der Waals surface area contributed by atoms with Crippen molar-refractivity contribution >= 4 is 5.91 Å². The second-order valence-electron chi connectivity index (χ2n) is 4.50. The molecule has 0 aliphatic rings. The number of nitrogens with one attached hydrogen (secondary N) is 1. The van der Waals surface area contributed by atoms with Crippen molar-refractivity contribution in [3.05, 3.63) is 29.3 Å². The van der Waals surface area contributed by atoms with Gasteiger partial charge in [-0.1, -0.05) is 12.1 Å². The molecular weight excluding hydrogens is 216 g/mol. The second-order valence-corrected chi connectivity index (χ2v) is 4.50. The lowest BCUT2D eigenvalue weighted by Gasteiger charge is -2.25. The van der Waals surface area contributed by atoms with Gasteiger partial charge < -0.3 is 15.8 Å². The Morgan fingerprint density at radius 1 is 1.47 bits per heavy atom. The van der Waals surface area contributed by atoms with E-state index in [2.05, 4.69) is 5.32 Å². The molecule has 94 valence electrons. The molecule has 4 nitrogen and oxygen atoms in total. The molecule has 0 saturated heterocycles. The Hall–Kier alpha value is -1.55. The fourth-order valence-corrected chi connectivity index (χ4v) is 1.35. The van der Waals surface area contributed by atoms with Gasteiger partial charge in [0.1, 0.15) is 17.9 Å². The van der Waals surface area contributed by atoms with Crippen LogP contribution in [0.15, 0.2) is 18.2 Å². The van der Waals surface area contributed by atoms with E-state index < -0.39 is 11.4 Å². The van der Waals surface area contributed by atoms with Gasteiger partial charge in [-0.05, 0) is 45.0 Å². The number of carbonyl (C=O) groups is 1. The smallest absolute Gasteiger partial charge is 0.240 e. The summed E-state index contributed by atoms with van der Waals surface area (Å²) in [5.74, 6) is 0.359. The zero-order chi connectivity index (χ0) is 13.1. The molecule has 1 rings (SSSR count). The molecule has 4 heteroatoms. The number of carbonyl (C=O) groups excluding carboxylic acids is 1. The second kappa shape index (κ2) is 5.19. The largest absolute Gasteiger partial charge is 0.491 e. The molecule has 0 spiro atoms. The van der Waals surface area contributed by atoms with Crippen molar-refractivity contribution in [1.82, 2.24) is 5.32 Å². The number of hydrogen-bond donors (Lipinski definition) is 2. The minimum absolute atomic E-state index is 0.211. The van der Waals surface area contributed by atoms with Gasteiger partial charge in [-0.15, -0.1) is 0 Å². The molecule has 1 atom stereocenters. The van der Waals surface area contributed by atoms with E-state index in [9.17, 15) is 4.79 Å². The van der Waals surface area contributed by atoms with Crippen LogP contribution >= 0.6 is 0 Å². The third kappa shape index (κ3) is 3.20. The first-order chi connectivity index (χ1) is 7.89. The first-order valence-corrected chi connectivity index (χ1v) is 5.58. The molecule has 0 radical (unpaired) electrons. The van der Waals surface area contributed by atoms with Crippen LogP contribution in [0, 0.1) is 13.8 Å². The van der Waals surface area contributed by atoms with Gasteiger partial charge in [-0.3, -0.25) is 4.79 Å². The van der Waals surface area contributed by atoms with E-state index >= 15 is 0 Å². The molecular formula is C13H20N2O2. The predicted octanol–water partition coefficient (Wildman–Crippen LogP) is 1.15. The quantitative estimate of drug-likeness (QED) is 0.806. The van der Waals surface area contributed by atoms with Crippen molar-refractivity contribution in [2.75, 3.05) is 13.7 Å². The highest BCUT2D eigenvalue weighted by molar-refractivity contribution is 5.84. The summed E-state index contributed by atoms with van der Waals surface area (Å²) in [5.41, 5.74) is 6.64. The highest BCUT2D eigenvalue weighted by Crippen LogP contribution is 2.20. The van der Waals surface area contributed by atoms with E-state index in [0.717, 1.165) is 16.9 Å². The van der Waals surface area contributed by atoms with Gasteiger partial charge >= 0.3 is 0 Å². The minimum atomic E-state index is -0.851. The van der Waals surface area contributed by atoms with Crippen LogP contribution in [0.25, 0.3) is 0 Å². The first-order valence-electron chi connectivity index (χ1n) is 5.58. The van der Waals surface area contributed by atoms with Crippen LogP contribution in [0.2, 0.25) is 0 Å². The molecule has 1 aromatic carbocycles. The van der Waals surface area contributed by atoms with Crippen LogP contribution in [0.5, 0.6) is 5.75 Å². The van der Waals surface area contributed by atoms with E-state index in [-0.39, 0.29) is 6.61 Å². The summed E-state index contributed by atoms with van der Waals surface area (Å²) in [6.45, 7) is 5.90. The monoisotopic (exact) mass is 236 g/mol. The SMILES string of the molecule is CNC(C)(COc1cc(C)ccc1C)C(N)=O. The Balaban J connectivity index is 2.79. The molecule has 1 amide bonds. The van der Waals surface area contributed by atoms with Gasteiger partial charge in [0, 0.05) is 0 Å². The standard InChI is InChI=1S/C13H20N2O2/c1-9-5-6-10(2)11(7-9)17-8-13(3,15-4)12(14)16/h5-7,15H,8H2,1-4H3,(H2,14,16). The predicted molar refractivity (Wildman–Crippen MR) is 68.1 cm³/mol. The molecule has 0 bridgehead atoms. The fourth-order valence-electron chi connectivity index (χ4n) is 1.35. The minimum Gasteiger partial charge on any atom is -0.491 e. The zero-order valence-corrected chi connectivity index (χ0v) is 10.8. The van der Waals surface area contributed by atoms with E-state index in [1.165, 1.54) is 0 Å². The van der Waals surface area contributed by atoms with E-state index in [1.54, 1.807) is 14.0 Å². The molecule has 0 heterocycles. The molecule has 0 fully saturated rings. The topological polar surface area (TPSA) is 64.3 Å². The number of likely N-dealkylation sites (N-methyl/N-ethyl adjacent to an activating group) is 1.